The number of hydrazine groups is 1. The van der Waals surface area contributed by atoms with E-state index in [1.54, 1.807) is 5.43 Å². The average Bonchev–Trinajstić information content (AvgIpc) is 2.13. The first-order valence-electron chi connectivity index (χ1n) is 4.54. The summed E-state index contributed by atoms with van der Waals surface area (Å²) in [7, 11) is 6.16. The van der Waals surface area contributed by atoms with Crippen LogP contribution in [0.15, 0.2) is 12.2 Å². The van der Waals surface area contributed by atoms with E-state index in [9.17, 15) is 14.7 Å². The van der Waals surface area contributed by atoms with Gasteiger partial charge in [-0.1, -0.05) is 0 Å². The molecule has 0 fully saturated rings. The Hall–Kier alpha value is -1.44. The number of quaternary nitrogens is 1. The molecule has 0 bridgehead atoms. The van der Waals surface area contributed by atoms with E-state index >= 15 is 0 Å². The minimum atomic E-state index is -1.43. The van der Waals surface area contributed by atoms with Gasteiger partial charge in [0.05, 0.1) is 33.7 Å². The molecule has 0 aromatic rings. The maximum Gasteiger partial charge on any atom is 0.257 e. The van der Waals surface area contributed by atoms with Crippen LogP contribution >= 0.6 is 0 Å². The minimum absolute atomic E-state index is 0.281. The highest BCUT2D eigenvalue weighted by molar-refractivity contribution is 5.92. The number of nitrogens with one attached hydrogen (secondary N) is 1. The Labute approximate surface area is 94.7 Å². The number of aliphatic hydroxyl groups is 1. The van der Waals surface area contributed by atoms with Crippen LogP contribution in [0.1, 0.15) is 0 Å². The van der Waals surface area contributed by atoms with Crippen molar-refractivity contribution < 1.29 is 24.3 Å². The second kappa shape index (κ2) is 8.84. The van der Waals surface area contributed by atoms with E-state index in [1.165, 1.54) is 0 Å². The zero-order valence-electron chi connectivity index (χ0n) is 9.77. The quantitative estimate of drug-likeness (QED) is 0.157. The van der Waals surface area contributed by atoms with Gasteiger partial charge in [-0.2, -0.15) is 0 Å². The van der Waals surface area contributed by atoms with E-state index in [-0.39, 0.29) is 6.61 Å². The third-order valence-corrected chi connectivity index (χ3v) is 1.28. The molecular weight excluding hydrogens is 214 g/mol. The molecule has 7 heteroatoms. The number of nitrogens with two attached hydrogens (primary N) is 1. The van der Waals surface area contributed by atoms with Crippen LogP contribution in [-0.4, -0.2) is 55.8 Å². The number of aliphatic hydroxyl groups excluding tert-OH is 1. The van der Waals surface area contributed by atoms with Gasteiger partial charge in [-0.3, -0.25) is 10.2 Å². The molecule has 1 amide bonds. The van der Waals surface area contributed by atoms with Crippen molar-refractivity contribution in [2.75, 3.05) is 34.3 Å². The monoisotopic (exact) mass is 233 g/mol. The molecule has 0 aromatic carbocycles. The third kappa shape index (κ3) is 18.4. The van der Waals surface area contributed by atoms with E-state index < -0.39 is 11.9 Å². The lowest BCUT2D eigenvalue weighted by Gasteiger charge is -2.21. The van der Waals surface area contributed by atoms with Crippen LogP contribution in [0.4, 0.5) is 0 Å². The van der Waals surface area contributed by atoms with Crippen LogP contribution in [0.2, 0.25) is 0 Å². The predicted octanol–water partition coefficient (Wildman–Crippen LogP) is -3.03. The zero-order valence-corrected chi connectivity index (χ0v) is 9.77. The number of carboxylic acid groups (broad SMARTS) is 1. The fraction of sp³-hybridized carbons (Fsp3) is 0.556. The van der Waals surface area contributed by atoms with E-state index in [2.05, 4.69) is 27.0 Å². The molecule has 0 atom stereocenters. The molecule has 0 spiro atoms. The van der Waals surface area contributed by atoms with Gasteiger partial charge >= 0.3 is 0 Å². The Bertz CT molecular complexity index is 246. The van der Waals surface area contributed by atoms with Crippen molar-refractivity contribution in [2.24, 2.45) is 5.84 Å². The van der Waals surface area contributed by atoms with E-state index in [0.717, 1.165) is 17.1 Å². The second-order valence-corrected chi connectivity index (χ2v) is 3.90. The SMILES string of the molecule is C[N+](C)(C)CCO.NNC(=O)/C=C\C(=O)[O-]. The molecule has 0 saturated carbocycles. The topological polar surface area (TPSA) is 115 Å². The van der Waals surface area contributed by atoms with Crippen molar-refractivity contribution >= 4 is 11.9 Å². The van der Waals surface area contributed by atoms with Crippen LogP contribution in [0.3, 0.4) is 0 Å². The predicted molar refractivity (Wildman–Crippen MR) is 56.5 cm³/mol. The summed E-state index contributed by atoms with van der Waals surface area (Å²) >= 11 is 0. The van der Waals surface area contributed by atoms with Gasteiger partial charge in [0.2, 0.25) is 0 Å². The Morgan fingerprint density at radius 1 is 1.38 bits per heavy atom. The summed E-state index contributed by atoms with van der Waals surface area (Å²) in [6, 6.07) is 0. The summed E-state index contributed by atoms with van der Waals surface area (Å²) in [5.74, 6) is 2.48. The van der Waals surface area contributed by atoms with Crippen molar-refractivity contribution in [2.45, 2.75) is 0 Å². The average molecular weight is 233 g/mol. The number of carbonyl (C=O) groups is 2. The van der Waals surface area contributed by atoms with E-state index in [1.807, 2.05) is 0 Å². The lowest BCUT2D eigenvalue weighted by Crippen LogP contribution is -2.36. The maximum atomic E-state index is 10.1. The number of likely N-dealkylation sites (N-methyl/N-ethyl adjacent to an activating group) is 1. The number of hydrogen-bond donors (Lipinski definition) is 3. The molecule has 16 heavy (non-hydrogen) atoms. The van der Waals surface area contributed by atoms with Crippen LogP contribution in [0, 0.1) is 0 Å². The van der Waals surface area contributed by atoms with Gasteiger partial charge in [0.25, 0.3) is 5.91 Å². The van der Waals surface area contributed by atoms with Gasteiger partial charge in [0.15, 0.2) is 0 Å². The number of aliphatic carboxylic acids is 1. The summed E-state index contributed by atoms with van der Waals surface area (Å²) in [6.07, 6.45) is 1.34. The smallest absolute Gasteiger partial charge is 0.257 e. The van der Waals surface area contributed by atoms with Gasteiger partial charge in [0.1, 0.15) is 6.54 Å². The highest BCUT2D eigenvalue weighted by Gasteiger charge is 2.02. The lowest BCUT2D eigenvalue weighted by molar-refractivity contribution is -0.870. The van der Waals surface area contributed by atoms with Gasteiger partial charge < -0.3 is 19.5 Å². The first-order valence-corrected chi connectivity index (χ1v) is 4.54. The summed E-state index contributed by atoms with van der Waals surface area (Å²) in [6.45, 7) is 1.11. The standard InChI is InChI=1S/C5H14NO.C4H6N2O3/c1-6(2,3)4-5-7;5-6-3(7)1-2-4(8)9/h7H,4-5H2,1-3H3;1-2H,5H2,(H,6,7)(H,8,9)/q+1;/p-1/b;2-1-. The first-order chi connectivity index (χ1) is 7.22. The summed E-state index contributed by atoms with van der Waals surface area (Å²) in [5.41, 5.74) is 1.70. The summed E-state index contributed by atoms with van der Waals surface area (Å²) < 4.78 is 0.844. The first kappa shape index (κ1) is 17.0. The molecule has 7 nitrogen and oxygen atoms in total. The van der Waals surface area contributed by atoms with Gasteiger partial charge in [0, 0.05) is 6.08 Å². The van der Waals surface area contributed by atoms with Crippen LogP contribution < -0.4 is 16.4 Å². The molecule has 4 N–H and O–H groups in total. The summed E-state index contributed by atoms with van der Waals surface area (Å²) in [4.78, 5) is 19.7. The maximum absolute atomic E-state index is 10.1. The van der Waals surface area contributed by atoms with Crippen LogP contribution in [0.25, 0.3) is 0 Å². The van der Waals surface area contributed by atoms with Crippen molar-refractivity contribution in [3.8, 4) is 0 Å². The molecule has 0 aromatic heterocycles. The molecule has 0 aliphatic heterocycles. The van der Waals surface area contributed by atoms with Crippen molar-refractivity contribution in [3.05, 3.63) is 12.2 Å². The fourth-order valence-corrected chi connectivity index (χ4v) is 0.492. The number of amides is 1. The van der Waals surface area contributed by atoms with Crippen molar-refractivity contribution in [1.29, 1.82) is 0 Å². The van der Waals surface area contributed by atoms with Gasteiger partial charge in [-0.15, -0.1) is 0 Å². The highest BCUT2D eigenvalue weighted by atomic mass is 16.4. The number of nitrogens with zero attached hydrogens (tertiary/aromatic N) is 1. The molecule has 0 heterocycles. The highest BCUT2D eigenvalue weighted by Crippen LogP contribution is 1.84. The van der Waals surface area contributed by atoms with E-state index in [0.29, 0.717) is 6.08 Å². The van der Waals surface area contributed by atoms with E-state index in [4.69, 9.17) is 5.11 Å². The van der Waals surface area contributed by atoms with Crippen molar-refractivity contribution in [3.63, 3.8) is 0 Å². The van der Waals surface area contributed by atoms with Crippen LogP contribution in [0.5, 0.6) is 0 Å². The molecule has 0 rings (SSSR count). The van der Waals surface area contributed by atoms with Gasteiger partial charge in [-0.05, 0) is 6.08 Å². The normalized spacial score (nSPS) is 10.6. The lowest BCUT2D eigenvalue weighted by atomic mass is 10.5. The molecule has 0 aliphatic rings. The molecule has 94 valence electrons. The number of carboxylic acids is 1. The van der Waals surface area contributed by atoms with Gasteiger partial charge in [-0.25, -0.2) is 5.84 Å². The Morgan fingerprint density at radius 3 is 2.06 bits per heavy atom. The Balaban J connectivity index is 0. The molecule has 0 aliphatic carbocycles. The molecule has 0 saturated heterocycles. The molecular formula is C9H19N3O4. The number of rotatable bonds is 4. The van der Waals surface area contributed by atoms with Crippen LogP contribution in [-0.2, 0) is 9.59 Å². The number of carbonyl (C=O) groups excluding carboxylic acids is 2. The molecule has 0 unspecified atom stereocenters. The largest absolute Gasteiger partial charge is 0.545 e. The third-order valence-electron chi connectivity index (χ3n) is 1.28. The minimum Gasteiger partial charge on any atom is -0.545 e. The fourth-order valence-electron chi connectivity index (χ4n) is 0.492. The second-order valence-electron chi connectivity index (χ2n) is 3.90. The summed E-state index contributed by atoms with van der Waals surface area (Å²) in [5, 5.41) is 18.0. The van der Waals surface area contributed by atoms with Crippen molar-refractivity contribution in [1.82, 2.24) is 5.43 Å². The number of hydrogen-bond acceptors (Lipinski definition) is 5. The zero-order chi connectivity index (χ0) is 13.2. The Kier molecular flexibility index (Phi) is 9.37. The Morgan fingerprint density at radius 2 is 1.88 bits per heavy atom. The molecule has 0 radical (unpaired) electrons.